The van der Waals surface area contributed by atoms with Crippen LogP contribution in [-0.4, -0.2) is 37.8 Å². The Morgan fingerprint density at radius 3 is 2.34 bits per heavy atom. The summed E-state index contributed by atoms with van der Waals surface area (Å²) in [6, 6.07) is 9.60. The highest BCUT2D eigenvalue weighted by Gasteiger charge is 2.38. The summed E-state index contributed by atoms with van der Waals surface area (Å²) in [6.07, 6.45) is 2.70. The largest absolute Gasteiger partial charge is 0.337 e. The van der Waals surface area contributed by atoms with Gasteiger partial charge in [-0.3, -0.25) is 19.4 Å². The summed E-state index contributed by atoms with van der Waals surface area (Å²) in [5.74, 6) is -2.06. The van der Waals surface area contributed by atoms with Gasteiger partial charge in [-0.05, 0) is 31.2 Å². The molecule has 0 unspecified atom stereocenters. The maximum Gasteiger partial charge on any atom is 0.337 e. The molecule has 2 aromatic heterocycles. The van der Waals surface area contributed by atoms with Crippen LogP contribution in [0.15, 0.2) is 53.6 Å². The molecule has 4 rings (SSSR count). The van der Waals surface area contributed by atoms with Crippen molar-refractivity contribution in [2.45, 2.75) is 13.3 Å². The summed E-state index contributed by atoms with van der Waals surface area (Å²) in [6.45, 7) is 1.58. The SMILES string of the molecule is Cc1nc(-c2cccnc2)[nH]c(=O)c1CC(=O)ON1C(=O)c2ccccc2C1=O. The molecule has 1 N–H and O–H groups in total. The van der Waals surface area contributed by atoms with Crippen LogP contribution in [0.1, 0.15) is 32.0 Å². The van der Waals surface area contributed by atoms with E-state index < -0.39 is 29.8 Å². The second-order valence-electron chi connectivity index (χ2n) is 6.31. The van der Waals surface area contributed by atoms with Gasteiger partial charge in [0, 0.05) is 29.2 Å². The smallest absolute Gasteiger partial charge is 0.329 e. The Kier molecular flexibility index (Phi) is 4.47. The third-order valence-corrected chi connectivity index (χ3v) is 4.43. The van der Waals surface area contributed by atoms with Gasteiger partial charge >= 0.3 is 5.97 Å². The summed E-state index contributed by atoms with van der Waals surface area (Å²) in [7, 11) is 0. The van der Waals surface area contributed by atoms with Crippen LogP contribution in [0.3, 0.4) is 0 Å². The summed E-state index contributed by atoms with van der Waals surface area (Å²) in [5.41, 5.74) is 0.818. The van der Waals surface area contributed by atoms with Gasteiger partial charge in [0.25, 0.3) is 17.4 Å². The quantitative estimate of drug-likeness (QED) is 0.669. The van der Waals surface area contributed by atoms with Gasteiger partial charge in [-0.25, -0.2) is 9.78 Å². The number of H-pyrrole nitrogens is 1. The number of fused-ring (bicyclic) bond motifs is 1. The lowest BCUT2D eigenvalue weighted by molar-refractivity contribution is -0.167. The van der Waals surface area contributed by atoms with Gasteiger partial charge in [-0.1, -0.05) is 17.2 Å². The molecule has 0 saturated carbocycles. The zero-order valence-electron chi connectivity index (χ0n) is 15.2. The number of nitrogens with zero attached hydrogens (tertiary/aromatic N) is 3. The van der Waals surface area contributed by atoms with E-state index in [0.717, 1.165) is 0 Å². The molecule has 0 aliphatic carbocycles. The second kappa shape index (κ2) is 7.12. The normalized spacial score (nSPS) is 12.8. The third-order valence-electron chi connectivity index (χ3n) is 4.43. The van der Waals surface area contributed by atoms with Gasteiger partial charge in [0.2, 0.25) is 0 Å². The Hall–Kier alpha value is -4.14. The predicted molar refractivity (Wildman–Crippen MR) is 99.6 cm³/mol. The Morgan fingerprint density at radius 2 is 1.76 bits per heavy atom. The minimum absolute atomic E-state index is 0.0826. The van der Waals surface area contributed by atoms with E-state index in [1.165, 1.54) is 12.1 Å². The first-order chi connectivity index (χ1) is 14.0. The van der Waals surface area contributed by atoms with Crippen molar-refractivity contribution in [3.05, 3.63) is 81.5 Å². The number of hydrogen-bond acceptors (Lipinski definition) is 7. The lowest BCUT2D eigenvalue weighted by Crippen LogP contribution is -2.34. The van der Waals surface area contributed by atoms with E-state index in [9.17, 15) is 19.2 Å². The molecule has 1 aliphatic rings. The van der Waals surface area contributed by atoms with Crippen molar-refractivity contribution >= 4 is 17.8 Å². The Morgan fingerprint density at radius 1 is 1.07 bits per heavy atom. The molecule has 29 heavy (non-hydrogen) atoms. The van der Waals surface area contributed by atoms with Crippen molar-refractivity contribution < 1.29 is 19.2 Å². The van der Waals surface area contributed by atoms with Crippen molar-refractivity contribution in [2.24, 2.45) is 0 Å². The van der Waals surface area contributed by atoms with Gasteiger partial charge in [0.1, 0.15) is 5.82 Å². The van der Waals surface area contributed by atoms with Crippen LogP contribution in [0.25, 0.3) is 11.4 Å². The monoisotopic (exact) mass is 390 g/mol. The van der Waals surface area contributed by atoms with Crippen molar-refractivity contribution in [3.63, 3.8) is 0 Å². The van der Waals surface area contributed by atoms with Gasteiger partial charge in [0.05, 0.1) is 17.5 Å². The molecule has 0 radical (unpaired) electrons. The fourth-order valence-corrected chi connectivity index (χ4v) is 2.99. The first-order valence-electron chi connectivity index (χ1n) is 8.64. The number of carbonyl (C=O) groups excluding carboxylic acids is 3. The molecule has 1 aliphatic heterocycles. The molecule has 0 bridgehead atoms. The minimum Gasteiger partial charge on any atom is -0.329 e. The zero-order chi connectivity index (χ0) is 20.5. The lowest BCUT2D eigenvalue weighted by atomic mass is 10.1. The van der Waals surface area contributed by atoms with Gasteiger partial charge in [0.15, 0.2) is 0 Å². The average molecular weight is 390 g/mol. The van der Waals surface area contributed by atoms with E-state index in [1.54, 1.807) is 43.6 Å². The highest BCUT2D eigenvalue weighted by Crippen LogP contribution is 2.23. The van der Waals surface area contributed by atoms with E-state index in [2.05, 4.69) is 15.0 Å². The third kappa shape index (κ3) is 3.29. The number of carbonyl (C=O) groups is 3. The van der Waals surface area contributed by atoms with Crippen LogP contribution < -0.4 is 5.56 Å². The number of rotatable bonds is 4. The maximum atomic E-state index is 12.4. The van der Waals surface area contributed by atoms with Crippen molar-refractivity contribution in [3.8, 4) is 11.4 Å². The van der Waals surface area contributed by atoms with Crippen LogP contribution in [0.2, 0.25) is 0 Å². The fraction of sp³-hybridized carbons (Fsp3) is 0.100. The predicted octanol–water partition coefficient (Wildman–Crippen LogP) is 1.44. The molecule has 9 nitrogen and oxygen atoms in total. The molecule has 0 fully saturated rings. The zero-order valence-corrected chi connectivity index (χ0v) is 15.2. The van der Waals surface area contributed by atoms with Gasteiger partial charge in [-0.2, -0.15) is 0 Å². The molecular weight excluding hydrogens is 376 g/mol. The number of benzene rings is 1. The first kappa shape index (κ1) is 18.2. The van der Waals surface area contributed by atoms with Gasteiger partial charge in [-0.15, -0.1) is 0 Å². The number of hydroxylamine groups is 2. The number of pyridine rings is 1. The molecule has 9 heteroatoms. The number of hydrogen-bond donors (Lipinski definition) is 1. The summed E-state index contributed by atoms with van der Waals surface area (Å²) >= 11 is 0. The topological polar surface area (TPSA) is 122 Å². The molecule has 3 aromatic rings. The molecule has 3 heterocycles. The molecular formula is C20H14N4O5. The second-order valence-corrected chi connectivity index (χ2v) is 6.31. The van der Waals surface area contributed by atoms with Crippen LogP contribution in [-0.2, 0) is 16.1 Å². The standard InChI is InChI=1S/C20H14N4O5/c1-11-15(18(26)23-17(22-11)12-5-4-8-21-10-12)9-16(25)29-24-19(27)13-6-2-3-7-14(13)20(24)28/h2-8,10H,9H2,1H3,(H,22,23,26). The molecule has 0 spiro atoms. The van der Waals surface area contributed by atoms with Crippen LogP contribution in [0, 0.1) is 6.92 Å². The average Bonchev–Trinajstić information content (AvgIpc) is 2.96. The number of aryl methyl sites for hydroxylation is 1. The Bertz CT molecular complexity index is 1170. The van der Waals surface area contributed by atoms with E-state index in [0.29, 0.717) is 22.1 Å². The molecule has 2 amide bonds. The lowest BCUT2D eigenvalue weighted by Gasteiger charge is -2.13. The Balaban J connectivity index is 1.53. The number of nitrogens with one attached hydrogen (secondary N) is 1. The van der Waals surface area contributed by atoms with E-state index in [-0.39, 0.29) is 16.7 Å². The van der Waals surface area contributed by atoms with Crippen LogP contribution in [0.4, 0.5) is 0 Å². The molecule has 0 saturated heterocycles. The van der Waals surface area contributed by atoms with E-state index in [4.69, 9.17) is 4.84 Å². The summed E-state index contributed by atoms with van der Waals surface area (Å²) in [5, 5.41) is 0.411. The van der Waals surface area contributed by atoms with Crippen LogP contribution >= 0.6 is 0 Å². The number of aromatic amines is 1. The van der Waals surface area contributed by atoms with Crippen molar-refractivity contribution in [1.82, 2.24) is 20.0 Å². The number of imide groups is 1. The van der Waals surface area contributed by atoms with Gasteiger partial charge < -0.3 is 9.82 Å². The van der Waals surface area contributed by atoms with E-state index >= 15 is 0 Å². The highest BCUT2D eigenvalue weighted by molar-refractivity contribution is 6.20. The van der Waals surface area contributed by atoms with E-state index in [1.807, 2.05) is 0 Å². The number of amides is 2. The molecule has 1 aromatic carbocycles. The minimum atomic E-state index is -0.927. The maximum absolute atomic E-state index is 12.4. The summed E-state index contributed by atoms with van der Waals surface area (Å²) in [4.78, 5) is 65.1. The number of aromatic nitrogens is 3. The first-order valence-corrected chi connectivity index (χ1v) is 8.64. The fourth-order valence-electron chi connectivity index (χ4n) is 2.99. The molecule has 144 valence electrons. The van der Waals surface area contributed by atoms with Crippen LogP contribution in [0.5, 0.6) is 0 Å². The molecule has 0 atom stereocenters. The highest BCUT2D eigenvalue weighted by atomic mass is 16.7. The summed E-state index contributed by atoms with van der Waals surface area (Å²) < 4.78 is 0. The Labute approximate surface area is 163 Å². The van der Waals surface area contributed by atoms with Crippen molar-refractivity contribution in [2.75, 3.05) is 0 Å². The van der Waals surface area contributed by atoms with Crippen molar-refractivity contribution in [1.29, 1.82) is 0 Å².